The standard InChI is InChI=1S/C28H27N5O2/c1-19-15-21(10-12-25(19)35-22-8-6-13-29-17-22)33-26-23-16-20(9-11-24(23)31-18-32-26)7-5-14-30-27(34)28(2,3)4/h6,8-13,15-18H,14H2,1-4H3,(H,30,34)(H,31,32,33). The van der Waals surface area contributed by atoms with E-state index in [1.165, 1.54) is 6.33 Å². The van der Waals surface area contributed by atoms with E-state index in [-0.39, 0.29) is 12.5 Å². The number of anilines is 2. The van der Waals surface area contributed by atoms with Crippen LogP contribution in [-0.2, 0) is 4.79 Å². The van der Waals surface area contributed by atoms with Crippen LogP contribution in [0.25, 0.3) is 10.9 Å². The van der Waals surface area contributed by atoms with Crippen molar-refractivity contribution in [3.05, 3.63) is 78.4 Å². The van der Waals surface area contributed by atoms with Gasteiger partial charge in [0.05, 0.1) is 18.3 Å². The molecule has 0 spiro atoms. The summed E-state index contributed by atoms with van der Waals surface area (Å²) in [4.78, 5) is 24.9. The first-order chi connectivity index (χ1) is 16.8. The fourth-order valence-corrected chi connectivity index (χ4v) is 3.28. The third-order valence-electron chi connectivity index (χ3n) is 5.19. The van der Waals surface area contributed by atoms with Crippen molar-refractivity contribution in [3.8, 4) is 23.3 Å². The summed E-state index contributed by atoms with van der Waals surface area (Å²) in [5.41, 5.74) is 3.03. The number of aryl methyl sites for hydroxylation is 1. The molecule has 7 nitrogen and oxygen atoms in total. The Morgan fingerprint density at radius 2 is 1.94 bits per heavy atom. The summed E-state index contributed by atoms with van der Waals surface area (Å²) in [6.45, 7) is 7.89. The molecular formula is C28H27N5O2. The van der Waals surface area contributed by atoms with Gasteiger partial charge in [0, 0.05) is 28.2 Å². The number of pyridine rings is 1. The Morgan fingerprint density at radius 1 is 1.09 bits per heavy atom. The second kappa shape index (κ2) is 10.2. The highest BCUT2D eigenvalue weighted by atomic mass is 16.5. The zero-order valence-electron chi connectivity index (χ0n) is 20.2. The van der Waals surface area contributed by atoms with E-state index >= 15 is 0 Å². The number of nitrogens with zero attached hydrogens (tertiary/aromatic N) is 3. The number of aromatic nitrogens is 3. The number of benzene rings is 2. The normalized spacial score (nSPS) is 10.9. The molecule has 0 aliphatic heterocycles. The molecule has 2 aromatic carbocycles. The quantitative estimate of drug-likeness (QED) is 0.385. The van der Waals surface area contributed by atoms with Crippen LogP contribution in [0.3, 0.4) is 0 Å². The SMILES string of the molecule is Cc1cc(Nc2ncnc3ccc(C#CCNC(=O)C(C)(C)C)cc23)ccc1Oc1cccnc1. The Morgan fingerprint density at radius 3 is 2.69 bits per heavy atom. The first-order valence-electron chi connectivity index (χ1n) is 11.3. The topological polar surface area (TPSA) is 89.0 Å². The average Bonchev–Trinajstić information content (AvgIpc) is 2.84. The summed E-state index contributed by atoms with van der Waals surface area (Å²) >= 11 is 0. The average molecular weight is 466 g/mol. The molecule has 2 aromatic heterocycles. The molecule has 1 amide bonds. The summed E-state index contributed by atoms with van der Waals surface area (Å²) in [6, 6.07) is 15.3. The maximum Gasteiger partial charge on any atom is 0.226 e. The molecule has 0 unspecified atom stereocenters. The highest BCUT2D eigenvalue weighted by Crippen LogP contribution is 2.29. The molecule has 0 saturated heterocycles. The molecule has 0 atom stereocenters. The fraction of sp³-hybridized carbons (Fsp3) is 0.214. The first kappa shape index (κ1) is 23.7. The highest BCUT2D eigenvalue weighted by Gasteiger charge is 2.19. The van der Waals surface area contributed by atoms with Gasteiger partial charge in [-0.1, -0.05) is 32.6 Å². The largest absolute Gasteiger partial charge is 0.455 e. The van der Waals surface area contributed by atoms with Gasteiger partial charge in [0.1, 0.15) is 23.6 Å². The molecule has 0 fully saturated rings. The molecule has 4 rings (SSSR count). The Kier molecular flexibility index (Phi) is 6.93. The number of carbonyl (C=O) groups excluding carboxylic acids is 1. The van der Waals surface area contributed by atoms with Crippen molar-refractivity contribution in [1.82, 2.24) is 20.3 Å². The van der Waals surface area contributed by atoms with E-state index in [4.69, 9.17) is 4.74 Å². The van der Waals surface area contributed by atoms with Gasteiger partial charge in [-0.15, -0.1) is 0 Å². The molecule has 0 aliphatic rings. The fourth-order valence-electron chi connectivity index (χ4n) is 3.28. The lowest BCUT2D eigenvalue weighted by atomic mass is 9.96. The molecular weight excluding hydrogens is 438 g/mol. The van der Waals surface area contributed by atoms with Crippen LogP contribution in [0, 0.1) is 24.2 Å². The van der Waals surface area contributed by atoms with E-state index in [1.807, 2.05) is 76.2 Å². The summed E-state index contributed by atoms with van der Waals surface area (Å²) in [5.74, 6) is 8.21. The minimum Gasteiger partial charge on any atom is -0.455 e. The van der Waals surface area contributed by atoms with E-state index in [9.17, 15) is 4.79 Å². The van der Waals surface area contributed by atoms with Gasteiger partial charge in [0.2, 0.25) is 5.91 Å². The lowest BCUT2D eigenvalue weighted by Crippen LogP contribution is -2.34. The van der Waals surface area contributed by atoms with Gasteiger partial charge in [-0.05, 0) is 61.0 Å². The van der Waals surface area contributed by atoms with Crippen molar-refractivity contribution in [3.63, 3.8) is 0 Å². The summed E-state index contributed by atoms with van der Waals surface area (Å²) in [5, 5.41) is 7.07. The van der Waals surface area contributed by atoms with E-state index in [0.29, 0.717) is 11.6 Å². The van der Waals surface area contributed by atoms with Gasteiger partial charge in [-0.25, -0.2) is 9.97 Å². The molecule has 0 saturated carbocycles. The maximum atomic E-state index is 12.0. The summed E-state index contributed by atoms with van der Waals surface area (Å²) in [7, 11) is 0. The number of ether oxygens (including phenoxy) is 1. The number of hydrogen-bond acceptors (Lipinski definition) is 6. The molecule has 0 radical (unpaired) electrons. The summed E-state index contributed by atoms with van der Waals surface area (Å²) in [6.07, 6.45) is 4.92. The zero-order chi connectivity index (χ0) is 24.8. The number of nitrogens with one attached hydrogen (secondary N) is 2. The van der Waals surface area contributed by atoms with E-state index in [1.54, 1.807) is 12.4 Å². The van der Waals surface area contributed by atoms with Crippen molar-refractivity contribution in [2.75, 3.05) is 11.9 Å². The smallest absolute Gasteiger partial charge is 0.226 e. The Bertz CT molecular complexity index is 1420. The van der Waals surface area contributed by atoms with Crippen LogP contribution in [0.4, 0.5) is 11.5 Å². The first-order valence-corrected chi connectivity index (χ1v) is 11.3. The summed E-state index contributed by atoms with van der Waals surface area (Å²) < 4.78 is 5.92. The lowest BCUT2D eigenvalue weighted by molar-refractivity contribution is -0.128. The maximum absolute atomic E-state index is 12.0. The Hall–Kier alpha value is -4.44. The minimum atomic E-state index is -0.441. The van der Waals surface area contributed by atoms with Crippen molar-refractivity contribution in [2.45, 2.75) is 27.7 Å². The van der Waals surface area contributed by atoms with Crippen LogP contribution in [0.2, 0.25) is 0 Å². The van der Waals surface area contributed by atoms with E-state index in [0.717, 1.165) is 33.5 Å². The highest BCUT2D eigenvalue weighted by molar-refractivity contribution is 5.91. The van der Waals surface area contributed by atoms with Gasteiger partial charge in [0.25, 0.3) is 0 Å². The lowest BCUT2D eigenvalue weighted by Gasteiger charge is -2.16. The molecule has 35 heavy (non-hydrogen) atoms. The molecule has 2 N–H and O–H groups in total. The number of hydrogen-bond donors (Lipinski definition) is 2. The number of fused-ring (bicyclic) bond motifs is 1. The van der Waals surface area contributed by atoms with Gasteiger partial charge >= 0.3 is 0 Å². The molecule has 7 heteroatoms. The van der Waals surface area contributed by atoms with Crippen molar-refractivity contribution in [2.24, 2.45) is 5.41 Å². The van der Waals surface area contributed by atoms with Gasteiger partial charge < -0.3 is 15.4 Å². The Balaban J connectivity index is 1.51. The number of amides is 1. The molecule has 4 aromatic rings. The van der Waals surface area contributed by atoms with Crippen molar-refractivity contribution in [1.29, 1.82) is 0 Å². The third-order valence-corrected chi connectivity index (χ3v) is 5.19. The van der Waals surface area contributed by atoms with Crippen LogP contribution >= 0.6 is 0 Å². The van der Waals surface area contributed by atoms with Crippen molar-refractivity contribution < 1.29 is 9.53 Å². The van der Waals surface area contributed by atoms with Gasteiger partial charge in [-0.3, -0.25) is 9.78 Å². The molecule has 0 bridgehead atoms. The predicted molar refractivity (Wildman–Crippen MR) is 138 cm³/mol. The molecule has 176 valence electrons. The zero-order valence-corrected chi connectivity index (χ0v) is 20.2. The molecule has 2 heterocycles. The van der Waals surface area contributed by atoms with E-state index < -0.39 is 5.41 Å². The second-order valence-corrected chi connectivity index (χ2v) is 9.08. The Labute approximate surface area is 205 Å². The van der Waals surface area contributed by atoms with Gasteiger partial charge in [-0.2, -0.15) is 0 Å². The number of carbonyl (C=O) groups is 1. The number of rotatable bonds is 5. The minimum absolute atomic E-state index is 0.0302. The predicted octanol–water partition coefficient (Wildman–Crippen LogP) is 5.38. The van der Waals surface area contributed by atoms with Crippen molar-refractivity contribution >= 4 is 28.3 Å². The van der Waals surface area contributed by atoms with Gasteiger partial charge in [0.15, 0.2) is 0 Å². The van der Waals surface area contributed by atoms with Crippen LogP contribution in [0.5, 0.6) is 11.5 Å². The van der Waals surface area contributed by atoms with Crippen LogP contribution in [0.1, 0.15) is 31.9 Å². The third kappa shape index (κ3) is 6.12. The van der Waals surface area contributed by atoms with Crippen LogP contribution < -0.4 is 15.4 Å². The molecule has 0 aliphatic carbocycles. The monoisotopic (exact) mass is 465 g/mol. The second-order valence-electron chi connectivity index (χ2n) is 9.08. The van der Waals surface area contributed by atoms with Crippen LogP contribution in [0.15, 0.2) is 67.3 Å². The van der Waals surface area contributed by atoms with Crippen LogP contribution in [-0.4, -0.2) is 27.4 Å². The van der Waals surface area contributed by atoms with E-state index in [2.05, 4.69) is 37.4 Å².